The van der Waals surface area contributed by atoms with Crippen molar-refractivity contribution in [3.05, 3.63) is 23.8 Å². The van der Waals surface area contributed by atoms with E-state index in [0.29, 0.717) is 17.7 Å². The minimum Gasteiger partial charge on any atom is -0.353 e. The zero-order chi connectivity index (χ0) is 14.1. The summed E-state index contributed by atoms with van der Waals surface area (Å²) in [5, 5.41) is 3.86. The molecule has 1 aromatic heterocycles. The Morgan fingerprint density at radius 1 is 1.55 bits per heavy atom. The average molecular weight is 289 g/mol. The number of benzene rings is 1. The molecular formula is C15H19N3OS. The number of aryl methyl sites for hydroxylation is 1. The molecule has 0 unspecified atom stereocenters. The van der Waals surface area contributed by atoms with Gasteiger partial charge in [0.2, 0.25) is 5.91 Å². The Morgan fingerprint density at radius 2 is 2.35 bits per heavy atom. The Balaban J connectivity index is 1.57. The van der Waals surface area contributed by atoms with Crippen LogP contribution in [0.1, 0.15) is 25.3 Å². The van der Waals surface area contributed by atoms with Gasteiger partial charge in [0.15, 0.2) is 5.16 Å². The number of H-pyrrole nitrogens is 1. The van der Waals surface area contributed by atoms with Gasteiger partial charge in [-0.3, -0.25) is 4.79 Å². The second kappa shape index (κ2) is 5.48. The molecule has 0 radical (unpaired) electrons. The molecule has 1 amide bonds. The van der Waals surface area contributed by atoms with E-state index in [1.807, 2.05) is 12.1 Å². The summed E-state index contributed by atoms with van der Waals surface area (Å²) in [6, 6.07) is 6.42. The normalized spacial score (nSPS) is 16.3. The standard InChI is InChI=1S/C15H19N3OS/c1-9-3-6-12-13(7-9)18-15(17-12)20-8-14(19)16-10(2)11-4-5-11/h3,6-7,10-11H,4-5,8H2,1-2H3,(H,16,19)(H,17,18)/t10-/m1/s1. The number of hydrogen-bond acceptors (Lipinski definition) is 3. The zero-order valence-electron chi connectivity index (χ0n) is 11.8. The van der Waals surface area contributed by atoms with Gasteiger partial charge in [-0.15, -0.1) is 0 Å². The molecule has 1 saturated carbocycles. The van der Waals surface area contributed by atoms with Gasteiger partial charge in [-0.1, -0.05) is 17.8 Å². The number of amides is 1. The number of nitrogens with zero attached hydrogens (tertiary/aromatic N) is 1. The lowest BCUT2D eigenvalue weighted by molar-refractivity contribution is -0.119. The lowest BCUT2D eigenvalue weighted by atomic mass is 10.2. The van der Waals surface area contributed by atoms with Crippen molar-refractivity contribution in [2.24, 2.45) is 5.92 Å². The molecule has 1 aliphatic rings. The van der Waals surface area contributed by atoms with Gasteiger partial charge in [-0.25, -0.2) is 4.98 Å². The van der Waals surface area contributed by atoms with Crippen molar-refractivity contribution in [2.45, 2.75) is 37.9 Å². The highest BCUT2D eigenvalue weighted by Crippen LogP contribution is 2.32. The van der Waals surface area contributed by atoms with E-state index >= 15 is 0 Å². The predicted molar refractivity (Wildman–Crippen MR) is 81.9 cm³/mol. The number of rotatable bonds is 5. The summed E-state index contributed by atoms with van der Waals surface area (Å²) < 4.78 is 0. The van der Waals surface area contributed by atoms with Crippen LogP contribution in [0.3, 0.4) is 0 Å². The maximum atomic E-state index is 11.9. The molecule has 0 bridgehead atoms. The first-order chi connectivity index (χ1) is 9.61. The zero-order valence-corrected chi connectivity index (χ0v) is 12.6. The molecule has 1 aliphatic carbocycles. The molecule has 0 aliphatic heterocycles. The van der Waals surface area contributed by atoms with Crippen LogP contribution in [0.15, 0.2) is 23.4 Å². The number of aromatic amines is 1. The minimum absolute atomic E-state index is 0.0889. The fourth-order valence-electron chi connectivity index (χ4n) is 2.31. The fraction of sp³-hybridized carbons (Fsp3) is 0.467. The first-order valence-electron chi connectivity index (χ1n) is 7.00. The fourth-order valence-corrected chi connectivity index (χ4v) is 3.01. The molecular weight excluding hydrogens is 270 g/mol. The molecule has 4 nitrogen and oxygen atoms in total. The van der Waals surface area contributed by atoms with Crippen LogP contribution in [0.2, 0.25) is 0 Å². The topological polar surface area (TPSA) is 57.8 Å². The molecule has 0 saturated heterocycles. The van der Waals surface area contributed by atoms with Crippen molar-refractivity contribution in [3.63, 3.8) is 0 Å². The van der Waals surface area contributed by atoms with Gasteiger partial charge in [0.05, 0.1) is 16.8 Å². The summed E-state index contributed by atoms with van der Waals surface area (Å²) in [7, 11) is 0. The van der Waals surface area contributed by atoms with E-state index in [1.54, 1.807) is 0 Å². The maximum absolute atomic E-state index is 11.9. The third-order valence-electron chi connectivity index (χ3n) is 3.67. The largest absolute Gasteiger partial charge is 0.353 e. The van der Waals surface area contributed by atoms with Crippen molar-refractivity contribution in [3.8, 4) is 0 Å². The SMILES string of the molecule is Cc1ccc2nc(SCC(=O)N[C@H](C)C3CC3)[nH]c2c1. The lowest BCUT2D eigenvalue weighted by Crippen LogP contribution is -2.35. The second-order valence-corrected chi connectivity index (χ2v) is 6.51. The van der Waals surface area contributed by atoms with Gasteiger partial charge >= 0.3 is 0 Å². The highest BCUT2D eigenvalue weighted by atomic mass is 32.2. The van der Waals surface area contributed by atoms with E-state index in [-0.39, 0.29) is 5.91 Å². The third-order valence-corrected chi connectivity index (χ3v) is 4.55. The first-order valence-corrected chi connectivity index (χ1v) is 7.99. The van der Waals surface area contributed by atoms with Crippen molar-refractivity contribution < 1.29 is 4.79 Å². The Bertz CT molecular complexity index is 633. The van der Waals surface area contributed by atoms with Crippen LogP contribution in [-0.4, -0.2) is 27.7 Å². The monoisotopic (exact) mass is 289 g/mol. The molecule has 1 fully saturated rings. The van der Waals surface area contributed by atoms with Crippen LogP contribution in [0.4, 0.5) is 0 Å². The third kappa shape index (κ3) is 3.15. The van der Waals surface area contributed by atoms with Gasteiger partial charge in [-0.05, 0) is 50.3 Å². The van der Waals surface area contributed by atoms with E-state index < -0.39 is 0 Å². The quantitative estimate of drug-likeness (QED) is 0.832. The number of aromatic nitrogens is 2. The van der Waals surface area contributed by atoms with E-state index in [0.717, 1.165) is 16.2 Å². The molecule has 2 aromatic rings. The number of carbonyl (C=O) groups excluding carboxylic acids is 1. The van der Waals surface area contributed by atoms with Crippen molar-refractivity contribution >= 4 is 28.7 Å². The maximum Gasteiger partial charge on any atom is 0.230 e. The van der Waals surface area contributed by atoms with Crippen molar-refractivity contribution in [1.82, 2.24) is 15.3 Å². The smallest absolute Gasteiger partial charge is 0.230 e. The summed E-state index contributed by atoms with van der Waals surface area (Å²) in [6.45, 7) is 4.14. The summed E-state index contributed by atoms with van der Waals surface area (Å²) in [4.78, 5) is 19.6. The van der Waals surface area contributed by atoms with E-state index in [2.05, 4.69) is 35.2 Å². The van der Waals surface area contributed by atoms with Gasteiger partial charge in [0.25, 0.3) is 0 Å². The summed E-state index contributed by atoms with van der Waals surface area (Å²) in [5.41, 5.74) is 3.18. The Labute approximate surface area is 122 Å². The summed E-state index contributed by atoms with van der Waals surface area (Å²) >= 11 is 1.46. The van der Waals surface area contributed by atoms with Gasteiger partial charge in [0.1, 0.15) is 0 Å². The van der Waals surface area contributed by atoms with Crippen LogP contribution in [0.5, 0.6) is 0 Å². The number of carbonyl (C=O) groups is 1. The molecule has 2 N–H and O–H groups in total. The summed E-state index contributed by atoms with van der Waals surface area (Å²) in [6.07, 6.45) is 2.50. The number of hydrogen-bond donors (Lipinski definition) is 2. The van der Waals surface area contributed by atoms with Gasteiger partial charge in [-0.2, -0.15) is 0 Å². The van der Waals surface area contributed by atoms with Crippen LogP contribution < -0.4 is 5.32 Å². The molecule has 106 valence electrons. The molecule has 3 rings (SSSR count). The van der Waals surface area contributed by atoms with E-state index in [4.69, 9.17) is 0 Å². The Kier molecular flexibility index (Phi) is 3.70. The Hall–Kier alpha value is -1.49. The predicted octanol–water partition coefficient (Wildman–Crippen LogP) is 2.88. The molecule has 20 heavy (non-hydrogen) atoms. The molecule has 1 aromatic carbocycles. The van der Waals surface area contributed by atoms with Crippen LogP contribution in [-0.2, 0) is 4.79 Å². The lowest BCUT2D eigenvalue weighted by Gasteiger charge is -2.11. The number of nitrogens with one attached hydrogen (secondary N) is 2. The minimum atomic E-state index is 0.0889. The van der Waals surface area contributed by atoms with Gasteiger partial charge < -0.3 is 10.3 Å². The highest BCUT2D eigenvalue weighted by molar-refractivity contribution is 7.99. The molecule has 1 atom stereocenters. The van der Waals surface area contributed by atoms with Crippen LogP contribution in [0, 0.1) is 12.8 Å². The molecule has 5 heteroatoms. The second-order valence-electron chi connectivity index (χ2n) is 5.54. The average Bonchev–Trinajstić information content (AvgIpc) is 3.17. The number of fused-ring (bicyclic) bond motifs is 1. The Morgan fingerprint density at radius 3 is 3.10 bits per heavy atom. The molecule has 0 spiro atoms. The highest BCUT2D eigenvalue weighted by Gasteiger charge is 2.28. The van der Waals surface area contributed by atoms with Crippen LogP contribution >= 0.6 is 11.8 Å². The van der Waals surface area contributed by atoms with E-state index in [1.165, 1.54) is 30.2 Å². The molecule has 1 heterocycles. The summed E-state index contributed by atoms with van der Waals surface area (Å²) in [5.74, 6) is 1.19. The number of imidazole rings is 1. The van der Waals surface area contributed by atoms with E-state index in [9.17, 15) is 4.79 Å². The van der Waals surface area contributed by atoms with Gasteiger partial charge in [0, 0.05) is 6.04 Å². The van der Waals surface area contributed by atoms with Crippen LogP contribution in [0.25, 0.3) is 11.0 Å². The van der Waals surface area contributed by atoms with Crippen molar-refractivity contribution in [2.75, 3.05) is 5.75 Å². The number of thioether (sulfide) groups is 1. The van der Waals surface area contributed by atoms with Crippen molar-refractivity contribution in [1.29, 1.82) is 0 Å². The first kappa shape index (κ1) is 13.5.